The predicted octanol–water partition coefficient (Wildman–Crippen LogP) is -0.0984. The average molecular weight is 335 g/mol. The molecule has 134 valence electrons. The van der Waals surface area contributed by atoms with Crippen LogP contribution in [0.15, 0.2) is 0 Å². The maximum absolute atomic E-state index is 3.64. The molecule has 0 radical (unpaired) electrons. The summed E-state index contributed by atoms with van der Waals surface area (Å²) in [5, 5.41) is 7.27. The molecule has 0 unspecified atom stereocenters. The SMILES string of the molecule is C(CCN1CCC[N+]2=C1NCCC2)CN1CCC[N+]2=C1NCCC2. The van der Waals surface area contributed by atoms with Gasteiger partial charge in [-0.2, -0.15) is 0 Å². The van der Waals surface area contributed by atoms with E-state index >= 15 is 0 Å². The fraction of sp³-hybridized carbons (Fsp3) is 0.889. The van der Waals surface area contributed by atoms with Crippen LogP contribution < -0.4 is 10.6 Å². The predicted molar refractivity (Wildman–Crippen MR) is 96.9 cm³/mol. The van der Waals surface area contributed by atoms with E-state index in [-0.39, 0.29) is 0 Å². The molecular weight excluding hydrogens is 300 g/mol. The second-order valence-corrected chi connectivity index (χ2v) is 7.57. The van der Waals surface area contributed by atoms with Crippen molar-refractivity contribution in [1.82, 2.24) is 20.4 Å². The monoisotopic (exact) mass is 334 g/mol. The number of nitrogens with zero attached hydrogens (tertiary/aromatic N) is 4. The zero-order chi connectivity index (χ0) is 16.2. The van der Waals surface area contributed by atoms with Gasteiger partial charge in [-0.25, -0.2) is 0 Å². The van der Waals surface area contributed by atoms with Crippen molar-refractivity contribution >= 4 is 11.9 Å². The van der Waals surface area contributed by atoms with E-state index in [9.17, 15) is 0 Å². The highest BCUT2D eigenvalue weighted by atomic mass is 15.4. The first-order valence-electron chi connectivity index (χ1n) is 10.1. The van der Waals surface area contributed by atoms with E-state index in [0.29, 0.717) is 0 Å². The van der Waals surface area contributed by atoms with E-state index in [1.165, 1.54) is 103 Å². The lowest BCUT2D eigenvalue weighted by molar-refractivity contribution is -0.545. The lowest BCUT2D eigenvalue weighted by Gasteiger charge is -2.32. The van der Waals surface area contributed by atoms with Gasteiger partial charge in [0.05, 0.1) is 65.4 Å². The molecule has 0 amide bonds. The van der Waals surface area contributed by atoms with Crippen LogP contribution in [-0.4, -0.2) is 96.3 Å². The zero-order valence-electron chi connectivity index (χ0n) is 15.1. The highest BCUT2D eigenvalue weighted by molar-refractivity contribution is 5.76. The average Bonchev–Trinajstić information content (AvgIpc) is 2.65. The summed E-state index contributed by atoms with van der Waals surface area (Å²) in [5.41, 5.74) is 0. The van der Waals surface area contributed by atoms with E-state index in [4.69, 9.17) is 0 Å². The molecule has 0 saturated carbocycles. The Morgan fingerprint density at radius 1 is 0.667 bits per heavy atom. The van der Waals surface area contributed by atoms with Crippen LogP contribution in [0.1, 0.15) is 38.5 Å². The van der Waals surface area contributed by atoms with Crippen LogP contribution in [0.4, 0.5) is 0 Å². The molecule has 4 aliphatic rings. The van der Waals surface area contributed by atoms with Crippen molar-refractivity contribution in [3.05, 3.63) is 0 Å². The number of guanidine groups is 2. The minimum Gasteiger partial charge on any atom is -0.278 e. The molecule has 0 aliphatic carbocycles. The number of hydrogen-bond acceptors (Lipinski definition) is 4. The Balaban J connectivity index is 1.26. The van der Waals surface area contributed by atoms with E-state index in [1.807, 2.05) is 0 Å². The highest BCUT2D eigenvalue weighted by Gasteiger charge is 2.30. The summed E-state index contributed by atoms with van der Waals surface area (Å²) in [6, 6.07) is 0. The van der Waals surface area contributed by atoms with Gasteiger partial charge in [-0.05, 0) is 12.8 Å². The van der Waals surface area contributed by atoms with E-state index < -0.39 is 0 Å². The summed E-state index contributed by atoms with van der Waals surface area (Å²) in [4.78, 5) is 5.19. The first-order valence-corrected chi connectivity index (χ1v) is 10.1. The summed E-state index contributed by atoms with van der Waals surface area (Å²) in [5.74, 6) is 2.83. The van der Waals surface area contributed by atoms with Gasteiger partial charge in [-0.15, -0.1) is 0 Å². The Morgan fingerprint density at radius 2 is 1.12 bits per heavy atom. The van der Waals surface area contributed by atoms with Crippen molar-refractivity contribution in [1.29, 1.82) is 0 Å². The van der Waals surface area contributed by atoms with Crippen LogP contribution in [0.25, 0.3) is 0 Å². The van der Waals surface area contributed by atoms with Gasteiger partial charge in [0.25, 0.3) is 0 Å². The summed E-state index contributed by atoms with van der Waals surface area (Å²) in [7, 11) is 0. The van der Waals surface area contributed by atoms with Crippen molar-refractivity contribution < 1.29 is 9.15 Å². The third kappa shape index (κ3) is 3.47. The standard InChI is InChI=1S/C18H32N6/c1(9-21-13-5-15-23-11-3-7-19-17(21)23)2-10-22-14-6-16-24-12-4-8-20-18(22)24/h1-16H2/p+2. The van der Waals surface area contributed by atoms with Crippen LogP contribution >= 0.6 is 0 Å². The third-order valence-corrected chi connectivity index (χ3v) is 5.79. The number of rotatable bonds is 5. The van der Waals surface area contributed by atoms with Gasteiger partial charge >= 0.3 is 11.9 Å². The summed E-state index contributed by atoms with van der Waals surface area (Å²) in [6.45, 7) is 12.1. The van der Waals surface area contributed by atoms with Gasteiger partial charge < -0.3 is 0 Å². The highest BCUT2D eigenvalue weighted by Crippen LogP contribution is 2.10. The van der Waals surface area contributed by atoms with Gasteiger partial charge in [0.2, 0.25) is 0 Å². The Hall–Kier alpha value is -1.46. The second kappa shape index (κ2) is 7.62. The van der Waals surface area contributed by atoms with Gasteiger partial charge in [0, 0.05) is 25.7 Å². The number of unbranched alkanes of at least 4 members (excludes halogenated alkanes) is 1. The van der Waals surface area contributed by atoms with Crippen molar-refractivity contribution in [2.24, 2.45) is 0 Å². The third-order valence-electron chi connectivity index (χ3n) is 5.79. The minimum atomic E-state index is 1.15. The zero-order valence-corrected chi connectivity index (χ0v) is 15.1. The molecule has 4 heterocycles. The normalized spacial score (nSPS) is 24.3. The van der Waals surface area contributed by atoms with Gasteiger partial charge in [-0.3, -0.25) is 29.6 Å². The quantitative estimate of drug-likeness (QED) is 0.544. The summed E-state index contributed by atoms with van der Waals surface area (Å²) in [6.07, 6.45) is 7.79. The Morgan fingerprint density at radius 3 is 1.62 bits per heavy atom. The van der Waals surface area contributed by atoms with E-state index in [0.717, 1.165) is 13.1 Å². The lowest BCUT2D eigenvalue weighted by Crippen LogP contribution is -2.55. The molecule has 4 rings (SSSR count). The van der Waals surface area contributed by atoms with E-state index in [2.05, 4.69) is 29.6 Å². The fourth-order valence-electron chi connectivity index (χ4n) is 4.59. The van der Waals surface area contributed by atoms with Crippen LogP contribution in [0.2, 0.25) is 0 Å². The first kappa shape index (κ1) is 16.0. The van der Waals surface area contributed by atoms with Crippen molar-refractivity contribution in [3.8, 4) is 0 Å². The molecule has 6 heteroatoms. The topological polar surface area (TPSA) is 36.6 Å². The molecule has 0 aromatic carbocycles. The maximum Gasteiger partial charge on any atom is 0.348 e. The molecule has 0 bridgehead atoms. The smallest absolute Gasteiger partial charge is 0.278 e. The number of nitrogens with one attached hydrogen (secondary N) is 2. The van der Waals surface area contributed by atoms with E-state index in [1.54, 1.807) is 0 Å². The molecular formula is C18H34N6+2. The fourth-order valence-corrected chi connectivity index (χ4v) is 4.59. The molecule has 0 saturated heterocycles. The van der Waals surface area contributed by atoms with Crippen LogP contribution in [0.3, 0.4) is 0 Å². The Bertz CT molecular complexity index is 458. The molecule has 0 atom stereocenters. The van der Waals surface area contributed by atoms with Gasteiger partial charge in [0.1, 0.15) is 0 Å². The van der Waals surface area contributed by atoms with Crippen LogP contribution in [-0.2, 0) is 0 Å². The lowest BCUT2D eigenvalue weighted by atomic mass is 10.2. The summed E-state index contributed by atoms with van der Waals surface area (Å²) >= 11 is 0. The van der Waals surface area contributed by atoms with Crippen LogP contribution in [0.5, 0.6) is 0 Å². The van der Waals surface area contributed by atoms with Gasteiger partial charge in [-0.1, -0.05) is 0 Å². The molecule has 4 aliphatic heterocycles. The second-order valence-electron chi connectivity index (χ2n) is 7.57. The molecule has 6 nitrogen and oxygen atoms in total. The van der Waals surface area contributed by atoms with Crippen molar-refractivity contribution in [2.75, 3.05) is 65.4 Å². The molecule has 2 N–H and O–H groups in total. The molecule has 0 aromatic rings. The van der Waals surface area contributed by atoms with Gasteiger partial charge in [0.15, 0.2) is 0 Å². The number of hydrogen-bond donors (Lipinski definition) is 2. The minimum absolute atomic E-state index is 1.15. The maximum atomic E-state index is 3.64. The van der Waals surface area contributed by atoms with Crippen molar-refractivity contribution in [2.45, 2.75) is 38.5 Å². The molecule has 24 heavy (non-hydrogen) atoms. The molecule has 0 spiro atoms. The first-order chi connectivity index (χ1) is 11.9. The molecule has 0 aromatic heterocycles. The Labute approximate surface area is 146 Å². The Kier molecular flexibility index (Phi) is 5.09. The largest absolute Gasteiger partial charge is 0.348 e. The summed E-state index contributed by atoms with van der Waals surface area (Å²) < 4.78 is 5.11. The molecule has 0 fully saturated rings. The van der Waals surface area contributed by atoms with Crippen molar-refractivity contribution in [3.63, 3.8) is 0 Å². The van der Waals surface area contributed by atoms with Crippen LogP contribution in [0, 0.1) is 0 Å².